The maximum absolute atomic E-state index is 12.7. The Morgan fingerprint density at radius 1 is 1.13 bits per heavy atom. The number of rotatable bonds is 4. The molecule has 3 rings (SSSR count). The van der Waals surface area contributed by atoms with Gasteiger partial charge in [-0.15, -0.1) is 0 Å². The van der Waals surface area contributed by atoms with E-state index in [-0.39, 0.29) is 5.56 Å². The number of aryl methyl sites for hydroxylation is 2. The zero-order chi connectivity index (χ0) is 16.4. The molecule has 1 fully saturated rings. The average Bonchev–Trinajstić information content (AvgIpc) is 3.05. The van der Waals surface area contributed by atoms with Crippen LogP contribution >= 0.6 is 0 Å². The van der Waals surface area contributed by atoms with E-state index in [4.69, 9.17) is 0 Å². The van der Waals surface area contributed by atoms with Crippen LogP contribution in [0, 0.1) is 13.8 Å². The molecule has 1 heterocycles. The van der Waals surface area contributed by atoms with Gasteiger partial charge >= 0.3 is 0 Å². The van der Waals surface area contributed by atoms with Gasteiger partial charge in [-0.3, -0.25) is 4.79 Å². The molecule has 0 atom stereocenters. The Morgan fingerprint density at radius 3 is 2.61 bits per heavy atom. The van der Waals surface area contributed by atoms with E-state index in [1.165, 1.54) is 36.8 Å². The van der Waals surface area contributed by atoms with Crippen LogP contribution in [0.5, 0.6) is 0 Å². The van der Waals surface area contributed by atoms with Gasteiger partial charge in [0.25, 0.3) is 5.56 Å². The van der Waals surface area contributed by atoms with Gasteiger partial charge in [0.15, 0.2) is 0 Å². The Bertz CT molecular complexity index is 755. The Balaban J connectivity index is 1.88. The molecule has 1 aliphatic rings. The minimum absolute atomic E-state index is 0.105. The predicted molar refractivity (Wildman–Crippen MR) is 95.7 cm³/mol. The highest BCUT2D eigenvalue weighted by atomic mass is 16.1. The standard InChI is InChI=1S/C20H26N2O/c1-14-8-9-15(2)18(12-14)19-11-10-16(20(23)22(19)3)13-21-17-6-4-5-7-17/h8-12,17,21H,4-7,13H2,1-3H3. The summed E-state index contributed by atoms with van der Waals surface area (Å²) in [7, 11) is 1.87. The van der Waals surface area contributed by atoms with Crippen LogP contribution in [0.1, 0.15) is 42.4 Å². The minimum Gasteiger partial charge on any atom is -0.311 e. The van der Waals surface area contributed by atoms with E-state index < -0.39 is 0 Å². The van der Waals surface area contributed by atoms with E-state index in [2.05, 4.69) is 43.4 Å². The zero-order valence-corrected chi connectivity index (χ0v) is 14.4. The maximum atomic E-state index is 12.7. The molecule has 0 amide bonds. The number of hydrogen-bond donors (Lipinski definition) is 1. The highest BCUT2D eigenvalue weighted by molar-refractivity contribution is 5.65. The molecule has 23 heavy (non-hydrogen) atoms. The van der Waals surface area contributed by atoms with Crippen molar-refractivity contribution >= 4 is 0 Å². The van der Waals surface area contributed by atoms with Gasteiger partial charge in [-0.2, -0.15) is 0 Å². The molecule has 3 nitrogen and oxygen atoms in total. The van der Waals surface area contributed by atoms with Crippen LogP contribution in [0.3, 0.4) is 0 Å². The summed E-state index contributed by atoms with van der Waals surface area (Å²) in [4.78, 5) is 12.7. The van der Waals surface area contributed by atoms with E-state index in [0.717, 1.165) is 16.8 Å². The van der Waals surface area contributed by atoms with Crippen LogP contribution in [0.4, 0.5) is 0 Å². The fraction of sp³-hybridized carbons (Fsp3) is 0.450. The molecule has 0 saturated heterocycles. The molecule has 1 aromatic heterocycles. The van der Waals surface area contributed by atoms with Crippen LogP contribution in [-0.2, 0) is 13.6 Å². The SMILES string of the molecule is Cc1ccc(C)c(-c2ccc(CNC3CCCC3)c(=O)n2C)c1. The van der Waals surface area contributed by atoms with Gasteiger partial charge < -0.3 is 9.88 Å². The monoisotopic (exact) mass is 310 g/mol. The third-order valence-electron chi connectivity index (χ3n) is 4.99. The predicted octanol–water partition coefficient (Wildman–Crippen LogP) is 3.70. The quantitative estimate of drug-likeness (QED) is 0.934. The number of hydrogen-bond acceptors (Lipinski definition) is 2. The van der Waals surface area contributed by atoms with Gasteiger partial charge in [0.1, 0.15) is 0 Å². The van der Waals surface area contributed by atoms with Crippen molar-refractivity contribution in [2.45, 2.75) is 52.1 Å². The van der Waals surface area contributed by atoms with Crippen molar-refractivity contribution in [3.05, 3.63) is 57.4 Å². The molecule has 122 valence electrons. The molecule has 3 heteroatoms. The van der Waals surface area contributed by atoms with Crippen molar-refractivity contribution in [1.29, 1.82) is 0 Å². The Labute approximate surface area is 138 Å². The molecule has 1 aromatic carbocycles. The smallest absolute Gasteiger partial charge is 0.255 e. The van der Waals surface area contributed by atoms with Gasteiger partial charge in [-0.1, -0.05) is 36.6 Å². The average molecular weight is 310 g/mol. The Morgan fingerprint density at radius 2 is 1.87 bits per heavy atom. The van der Waals surface area contributed by atoms with E-state index in [1.54, 1.807) is 4.57 Å². The summed E-state index contributed by atoms with van der Waals surface area (Å²) in [6, 6.07) is 11.0. The first-order chi connectivity index (χ1) is 11.1. The van der Waals surface area contributed by atoms with Gasteiger partial charge in [0.2, 0.25) is 0 Å². The van der Waals surface area contributed by atoms with Gasteiger partial charge in [0, 0.05) is 30.8 Å². The van der Waals surface area contributed by atoms with Gasteiger partial charge in [-0.25, -0.2) is 0 Å². The van der Waals surface area contributed by atoms with Gasteiger partial charge in [-0.05, 0) is 44.4 Å². The molecule has 0 bridgehead atoms. The third-order valence-corrected chi connectivity index (χ3v) is 4.99. The summed E-state index contributed by atoms with van der Waals surface area (Å²) in [5.41, 5.74) is 5.50. The summed E-state index contributed by atoms with van der Waals surface area (Å²) in [5, 5.41) is 3.53. The van der Waals surface area contributed by atoms with Crippen molar-refractivity contribution in [3.63, 3.8) is 0 Å². The number of benzene rings is 1. The van der Waals surface area contributed by atoms with Crippen LogP contribution in [0.15, 0.2) is 35.1 Å². The summed E-state index contributed by atoms with van der Waals surface area (Å²) >= 11 is 0. The molecule has 2 aromatic rings. The van der Waals surface area contributed by atoms with Crippen molar-refractivity contribution < 1.29 is 0 Å². The van der Waals surface area contributed by atoms with E-state index in [1.807, 2.05) is 13.1 Å². The Kier molecular flexibility index (Phi) is 4.67. The second-order valence-corrected chi connectivity index (χ2v) is 6.79. The van der Waals surface area contributed by atoms with Crippen LogP contribution in [0.25, 0.3) is 11.3 Å². The molecule has 0 aliphatic heterocycles. The lowest BCUT2D eigenvalue weighted by atomic mass is 10.0. The second kappa shape index (κ2) is 6.71. The topological polar surface area (TPSA) is 34.0 Å². The molecule has 1 aliphatic carbocycles. The largest absolute Gasteiger partial charge is 0.311 e. The highest BCUT2D eigenvalue weighted by Crippen LogP contribution is 2.23. The lowest BCUT2D eigenvalue weighted by Gasteiger charge is -2.15. The van der Waals surface area contributed by atoms with Crippen molar-refractivity contribution in [2.75, 3.05) is 0 Å². The molecule has 0 unspecified atom stereocenters. The van der Waals surface area contributed by atoms with Crippen LogP contribution < -0.4 is 10.9 Å². The number of nitrogens with zero attached hydrogens (tertiary/aromatic N) is 1. The first-order valence-electron chi connectivity index (χ1n) is 8.56. The fourth-order valence-electron chi connectivity index (χ4n) is 3.49. The van der Waals surface area contributed by atoms with E-state index in [9.17, 15) is 4.79 Å². The molecule has 0 spiro atoms. The normalized spacial score (nSPS) is 15.3. The summed E-state index contributed by atoms with van der Waals surface area (Å²) in [5.74, 6) is 0. The van der Waals surface area contributed by atoms with E-state index in [0.29, 0.717) is 12.6 Å². The molecular formula is C20H26N2O. The number of aromatic nitrogens is 1. The molecular weight excluding hydrogens is 284 g/mol. The zero-order valence-electron chi connectivity index (χ0n) is 14.4. The summed E-state index contributed by atoms with van der Waals surface area (Å²) in [6.45, 7) is 4.85. The van der Waals surface area contributed by atoms with E-state index >= 15 is 0 Å². The second-order valence-electron chi connectivity index (χ2n) is 6.79. The van der Waals surface area contributed by atoms with Crippen molar-refractivity contribution in [2.24, 2.45) is 7.05 Å². The minimum atomic E-state index is 0.105. The number of pyridine rings is 1. The fourth-order valence-corrected chi connectivity index (χ4v) is 3.49. The number of nitrogens with one attached hydrogen (secondary N) is 1. The lowest BCUT2D eigenvalue weighted by Crippen LogP contribution is -2.30. The van der Waals surface area contributed by atoms with Crippen LogP contribution in [0.2, 0.25) is 0 Å². The summed E-state index contributed by atoms with van der Waals surface area (Å²) in [6.07, 6.45) is 5.09. The molecule has 1 saturated carbocycles. The first-order valence-corrected chi connectivity index (χ1v) is 8.56. The Hall–Kier alpha value is -1.87. The highest BCUT2D eigenvalue weighted by Gasteiger charge is 2.15. The summed E-state index contributed by atoms with van der Waals surface area (Å²) < 4.78 is 1.79. The molecule has 0 radical (unpaired) electrons. The lowest BCUT2D eigenvalue weighted by molar-refractivity contribution is 0.521. The molecule has 1 N–H and O–H groups in total. The van der Waals surface area contributed by atoms with Crippen molar-refractivity contribution in [1.82, 2.24) is 9.88 Å². The van der Waals surface area contributed by atoms with Gasteiger partial charge in [0.05, 0.1) is 5.69 Å². The first kappa shape index (κ1) is 16.0. The van der Waals surface area contributed by atoms with Crippen molar-refractivity contribution in [3.8, 4) is 11.3 Å². The van der Waals surface area contributed by atoms with Crippen LogP contribution in [-0.4, -0.2) is 10.6 Å². The third kappa shape index (κ3) is 3.40. The maximum Gasteiger partial charge on any atom is 0.255 e.